The molecule has 9 nitrogen and oxygen atoms in total. The van der Waals surface area contributed by atoms with E-state index >= 15 is 0 Å². The van der Waals surface area contributed by atoms with Crippen LogP contribution in [0, 0.1) is 0 Å². The van der Waals surface area contributed by atoms with E-state index in [0.717, 1.165) is 30.0 Å². The van der Waals surface area contributed by atoms with Gasteiger partial charge in [-0.3, -0.25) is 13.9 Å². The summed E-state index contributed by atoms with van der Waals surface area (Å²) in [4.78, 5) is 28.9. The highest BCUT2D eigenvalue weighted by Gasteiger charge is 2.35. The van der Waals surface area contributed by atoms with E-state index in [1.165, 1.54) is 43.4 Å². The molecule has 0 aliphatic heterocycles. The van der Waals surface area contributed by atoms with E-state index in [1.54, 1.807) is 49.4 Å². The smallest absolute Gasteiger partial charge is 0.264 e. The van der Waals surface area contributed by atoms with E-state index in [0.29, 0.717) is 21.4 Å². The molecule has 1 N–H and O–H groups in total. The van der Waals surface area contributed by atoms with Crippen molar-refractivity contribution in [2.45, 2.75) is 56.1 Å². The zero-order valence-corrected chi connectivity index (χ0v) is 26.6. The number of nitrogens with zero attached hydrogens (tertiary/aromatic N) is 2. The highest BCUT2D eigenvalue weighted by Crippen LogP contribution is 2.33. The zero-order chi connectivity index (χ0) is 31.1. The first-order chi connectivity index (χ1) is 20.6. The Bertz CT molecular complexity index is 1530. The summed E-state index contributed by atoms with van der Waals surface area (Å²) in [5.41, 5.74) is 0.606. The normalized spacial score (nSPS) is 14.2. The fourth-order valence-electron chi connectivity index (χ4n) is 5.05. The van der Waals surface area contributed by atoms with Crippen LogP contribution in [0.3, 0.4) is 0 Å². The van der Waals surface area contributed by atoms with Crippen molar-refractivity contribution in [3.63, 3.8) is 0 Å². The monoisotopic (exact) mass is 647 g/mol. The lowest BCUT2D eigenvalue weighted by Crippen LogP contribution is -2.52. The van der Waals surface area contributed by atoms with Gasteiger partial charge in [0, 0.05) is 28.2 Å². The maximum absolute atomic E-state index is 14.2. The minimum absolute atomic E-state index is 0.0244. The van der Waals surface area contributed by atoms with Crippen LogP contribution >= 0.6 is 23.2 Å². The molecule has 0 unspecified atom stereocenters. The van der Waals surface area contributed by atoms with Crippen molar-refractivity contribution in [1.29, 1.82) is 0 Å². The lowest BCUT2D eigenvalue weighted by molar-refractivity contribution is -0.139. The third-order valence-corrected chi connectivity index (χ3v) is 10.0. The number of rotatable bonds is 12. The van der Waals surface area contributed by atoms with E-state index in [2.05, 4.69) is 5.32 Å². The summed E-state index contributed by atoms with van der Waals surface area (Å²) in [6.45, 7) is 0.870. The number of halogens is 2. The molecule has 4 rings (SSSR count). The summed E-state index contributed by atoms with van der Waals surface area (Å²) in [7, 11) is -1.40. The van der Waals surface area contributed by atoms with Crippen LogP contribution in [0.1, 0.15) is 38.2 Å². The quantitative estimate of drug-likeness (QED) is 0.271. The molecule has 1 fully saturated rings. The second kappa shape index (κ2) is 14.3. The molecule has 1 saturated carbocycles. The Hall–Kier alpha value is -3.47. The SMILES string of the molecule is COc1ccc(S(=O)(=O)N(CC(=O)N(Cc2c(Cl)cccc2Cl)[C@H](C)C(=O)NC2CCCC2)c2ccccc2OC)cc1. The summed E-state index contributed by atoms with van der Waals surface area (Å²) in [6.07, 6.45) is 3.78. The Kier molecular flexibility index (Phi) is 10.8. The molecule has 2 amide bonds. The van der Waals surface area contributed by atoms with Gasteiger partial charge in [0.15, 0.2) is 0 Å². The number of ether oxygens (including phenoxy) is 2. The van der Waals surface area contributed by atoms with Gasteiger partial charge < -0.3 is 19.7 Å². The predicted octanol–water partition coefficient (Wildman–Crippen LogP) is 5.68. The summed E-state index contributed by atoms with van der Waals surface area (Å²) >= 11 is 12.9. The van der Waals surface area contributed by atoms with Crippen LogP contribution in [0.15, 0.2) is 71.6 Å². The summed E-state index contributed by atoms with van der Waals surface area (Å²) in [5.74, 6) is -0.248. The first-order valence-electron chi connectivity index (χ1n) is 13.9. The lowest BCUT2D eigenvalue weighted by Gasteiger charge is -2.33. The fourth-order valence-corrected chi connectivity index (χ4v) is 6.99. The molecule has 1 aliphatic carbocycles. The molecular weight excluding hydrogens is 613 g/mol. The molecule has 0 aromatic heterocycles. The topological polar surface area (TPSA) is 105 Å². The molecule has 1 aliphatic rings. The van der Waals surface area contributed by atoms with Gasteiger partial charge in [-0.05, 0) is 68.3 Å². The number of para-hydroxylation sites is 2. The summed E-state index contributed by atoms with van der Waals surface area (Å²) in [5, 5.41) is 3.68. The van der Waals surface area contributed by atoms with E-state index in [1.807, 2.05) is 0 Å². The van der Waals surface area contributed by atoms with Gasteiger partial charge in [-0.1, -0.05) is 54.2 Å². The van der Waals surface area contributed by atoms with Crippen LogP contribution in [0.2, 0.25) is 10.0 Å². The minimum Gasteiger partial charge on any atom is -0.497 e. The number of hydrogen-bond donors (Lipinski definition) is 1. The number of carbonyl (C=O) groups is 2. The fraction of sp³-hybridized carbons (Fsp3) is 0.355. The van der Waals surface area contributed by atoms with Crippen molar-refractivity contribution in [3.8, 4) is 11.5 Å². The van der Waals surface area contributed by atoms with Crippen molar-refractivity contribution in [2.24, 2.45) is 0 Å². The van der Waals surface area contributed by atoms with Gasteiger partial charge in [0.25, 0.3) is 10.0 Å². The lowest BCUT2D eigenvalue weighted by atomic mass is 10.1. The first-order valence-corrected chi connectivity index (χ1v) is 16.1. The summed E-state index contributed by atoms with van der Waals surface area (Å²) in [6, 6.07) is 16.4. The Morgan fingerprint density at radius 1 is 0.930 bits per heavy atom. The second-order valence-electron chi connectivity index (χ2n) is 10.2. The van der Waals surface area contributed by atoms with E-state index in [4.69, 9.17) is 32.7 Å². The molecule has 3 aromatic carbocycles. The molecule has 0 spiro atoms. The van der Waals surface area contributed by atoms with Gasteiger partial charge in [-0.15, -0.1) is 0 Å². The third kappa shape index (κ3) is 7.55. The van der Waals surface area contributed by atoms with Gasteiger partial charge >= 0.3 is 0 Å². The molecule has 43 heavy (non-hydrogen) atoms. The number of sulfonamides is 1. The molecule has 3 aromatic rings. The Labute approximate surface area is 262 Å². The van der Waals surface area contributed by atoms with Gasteiger partial charge in [0.05, 0.1) is 24.8 Å². The number of amides is 2. The largest absolute Gasteiger partial charge is 0.497 e. The highest BCUT2D eigenvalue weighted by atomic mass is 35.5. The predicted molar refractivity (Wildman–Crippen MR) is 167 cm³/mol. The Morgan fingerprint density at radius 3 is 2.16 bits per heavy atom. The van der Waals surface area contributed by atoms with Crippen LogP contribution < -0.4 is 19.1 Å². The molecule has 0 bridgehead atoms. The number of benzene rings is 3. The van der Waals surface area contributed by atoms with Crippen molar-refractivity contribution in [3.05, 3.63) is 82.3 Å². The van der Waals surface area contributed by atoms with E-state index in [9.17, 15) is 18.0 Å². The maximum Gasteiger partial charge on any atom is 0.264 e. The van der Waals surface area contributed by atoms with Gasteiger partial charge in [-0.2, -0.15) is 0 Å². The molecule has 1 atom stereocenters. The third-order valence-electron chi connectivity index (χ3n) is 7.54. The first kappa shape index (κ1) is 32.4. The van der Waals surface area contributed by atoms with Crippen LogP contribution in [0.4, 0.5) is 5.69 Å². The van der Waals surface area contributed by atoms with Crippen molar-refractivity contribution in [1.82, 2.24) is 10.2 Å². The van der Waals surface area contributed by atoms with Crippen molar-refractivity contribution < 1.29 is 27.5 Å². The van der Waals surface area contributed by atoms with Crippen LogP contribution in [0.5, 0.6) is 11.5 Å². The average Bonchev–Trinajstić information content (AvgIpc) is 3.52. The molecule has 230 valence electrons. The van der Waals surface area contributed by atoms with Crippen LogP contribution in [-0.4, -0.2) is 58.0 Å². The van der Waals surface area contributed by atoms with Crippen molar-refractivity contribution in [2.75, 3.05) is 25.1 Å². The number of hydrogen-bond acceptors (Lipinski definition) is 6. The Balaban J connectivity index is 1.75. The number of nitrogens with one attached hydrogen (secondary N) is 1. The van der Waals surface area contributed by atoms with Gasteiger partial charge in [0.2, 0.25) is 11.8 Å². The standard InChI is InChI=1S/C31H35Cl2N3O6S/c1-21(31(38)34-22-9-4-5-10-22)35(19-25-26(32)11-8-12-27(25)33)30(37)20-36(28-13-6-7-14-29(28)42-3)43(39,40)24-17-15-23(41-2)16-18-24/h6-8,11-18,21-22H,4-5,9-10,19-20H2,1-3H3,(H,34,38)/t21-/m1/s1. The van der Waals surface area contributed by atoms with E-state index < -0.39 is 28.5 Å². The van der Waals surface area contributed by atoms with Crippen molar-refractivity contribution >= 4 is 50.7 Å². The Morgan fingerprint density at radius 2 is 1.56 bits per heavy atom. The molecule has 0 radical (unpaired) electrons. The molecular formula is C31H35Cl2N3O6S. The average molecular weight is 649 g/mol. The van der Waals surface area contributed by atoms with Crippen LogP contribution in [-0.2, 0) is 26.2 Å². The summed E-state index contributed by atoms with van der Waals surface area (Å²) < 4.78 is 39.8. The van der Waals surface area contributed by atoms with Crippen LogP contribution in [0.25, 0.3) is 0 Å². The van der Waals surface area contributed by atoms with Gasteiger partial charge in [-0.25, -0.2) is 8.42 Å². The molecule has 0 heterocycles. The molecule has 12 heteroatoms. The highest BCUT2D eigenvalue weighted by molar-refractivity contribution is 7.92. The van der Waals surface area contributed by atoms with Gasteiger partial charge in [0.1, 0.15) is 24.1 Å². The van der Waals surface area contributed by atoms with E-state index in [-0.39, 0.29) is 34.8 Å². The zero-order valence-electron chi connectivity index (χ0n) is 24.3. The number of carbonyl (C=O) groups excluding carboxylic acids is 2. The minimum atomic E-state index is -4.30. The number of anilines is 1. The molecule has 0 saturated heterocycles. The maximum atomic E-state index is 14.2. The number of methoxy groups -OCH3 is 2. The second-order valence-corrected chi connectivity index (χ2v) is 12.9.